The molecule has 0 aromatic carbocycles. The van der Waals surface area contributed by atoms with Crippen LogP contribution in [0.15, 0.2) is 5.16 Å². The summed E-state index contributed by atoms with van der Waals surface area (Å²) in [6.07, 6.45) is 4.86. The highest BCUT2D eigenvalue weighted by atomic mass is 32.2. The maximum atomic E-state index is 12.3. The number of rotatable bonds is 5. The summed E-state index contributed by atoms with van der Waals surface area (Å²) >= 11 is 1.53. The summed E-state index contributed by atoms with van der Waals surface area (Å²) in [5.41, 5.74) is 0. The van der Waals surface area contributed by atoms with E-state index in [-0.39, 0.29) is 5.91 Å². The van der Waals surface area contributed by atoms with Crippen molar-refractivity contribution in [1.29, 1.82) is 0 Å². The zero-order valence-electron chi connectivity index (χ0n) is 13.3. The number of ether oxygens (including phenoxy) is 1. The van der Waals surface area contributed by atoms with Crippen molar-refractivity contribution < 1.29 is 9.53 Å². The van der Waals surface area contributed by atoms with Crippen LogP contribution in [0.2, 0.25) is 0 Å². The summed E-state index contributed by atoms with van der Waals surface area (Å²) in [7, 11) is 0. The Morgan fingerprint density at radius 2 is 1.87 bits per heavy atom. The van der Waals surface area contributed by atoms with E-state index >= 15 is 0 Å². The predicted molar refractivity (Wildman–Crippen MR) is 87.9 cm³/mol. The van der Waals surface area contributed by atoms with E-state index in [2.05, 4.69) is 19.7 Å². The molecule has 1 aromatic rings. The molecule has 3 heterocycles. The van der Waals surface area contributed by atoms with Gasteiger partial charge in [0.05, 0.1) is 19.0 Å². The van der Waals surface area contributed by atoms with Gasteiger partial charge in [-0.15, -0.1) is 10.2 Å². The van der Waals surface area contributed by atoms with Crippen LogP contribution in [0.1, 0.15) is 31.7 Å². The first-order valence-corrected chi connectivity index (χ1v) is 9.49. The van der Waals surface area contributed by atoms with E-state index in [0.29, 0.717) is 38.1 Å². The number of aromatic nitrogens is 3. The fourth-order valence-corrected chi connectivity index (χ4v) is 4.09. The van der Waals surface area contributed by atoms with Crippen molar-refractivity contribution >= 4 is 23.6 Å². The van der Waals surface area contributed by atoms with Crippen molar-refractivity contribution in [1.82, 2.24) is 19.7 Å². The first-order valence-electron chi connectivity index (χ1n) is 8.51. The third-order valence-electron chi connectivity index (χ3n) is 4.64. The summed E-state index contributed by atoms with van der Waals surface area (Å²) in [6.45, 7) is 4.84. The number of carbonyl (C=O) groups is 1. The Labute approximate surface area is 140 Å². The van der Waals surface area contributed by atoms with Crippen molar-refractivity contribution in [3.05, 3.63) is 0 Å². The molecule has 126 valence electrons. The van der Waals surface area contributed by atoms with Crippen LogP contribution in [0.3, 0.4) is 0 Å². The number of nitrogens with zero attached hydrogens (tertiary/aromatic N) is 5. The highest BCUT2D eigenvalue weighted by Crippen LogP contribution is 2.41. The lowest BCUT2D eigenvalue weighted by atomic mass is 10.4. The molecule has 0 unspecified atom stereocenters. The fourth-order valence-electron chi connectivity index (χ4n) is 3.18. The lowest BCUT2D eigenvalue weighted by Crippen LogP contribution is -2.41. The van der Waals surface area contributed by atoms with Crippen LogP contribution in [0.4, 0.5) is 5.95 Å². The molecule has 1 aliphatic carbocycles. The first kappa shape index (κ1) is 15.3. The Bertz CT molecular complexity index is 562. The van der Waals surface area contributed by atoms with E-state index in [1.165, 1.54) is 37.4 Å². The van der Waals surface area contributed by atoms with Crippen LogP contribution >= 0.6 is 11.8 Å². The highest BCUT2D eigenvalue weighted by molar-refractivity contribution is 7.99. The van der Waals surface area contributed by atoms with Gasteiger partial charge < -0.3 is 14.5 Å². The molecule has 1 aromatic heterocycles. The molecule has 1 amide bonds. The Kier molecular flexibility index (Phi) is 4.43. The fraction of sp³-hybridized carbons (Fsp3) is 0.800. The molecular formula is C15H23N5O2S. The Morgan fingerprint density at radius 3 is 2.57 bits per heavy atom. The molecular weight excluding hydrogens is 314 g/mol. The smallest absolute Gasteiger partial charge is 0.233 e. The Hall–Kier alpha value is -1.28. The zero-order valence-corrected chi connectivity index (χ0v) is 14.1. The topological polar surface area (TPSA) is 63.5 Å². The van der Waals surface area contributed by atoms with Crippen LogP contribution in [0, 0.1) is 0 Å². The monoisotopic (exact) mass is 337 g/mol. The van der Waals surface area contributed by atoms with Crippen LogP contribution in [-0.2, 0) is 9.53 Å². The summed E-state index contributed by atoms with van der Waals surface area (Å²) in [4.78, 5) is 16.5. The number of anilines is 1. The van der Waals surface area contributed by atoms with Crippen LogP contribution < -0.4 is 4.90 Å². The minimum Gasteiger partial charge on any atom is -0.378 e. The second kappa shape index (κ2) is 6.68. The number of thioether (sulfide) groups is 1. The van der Waals surface area contributed by atoms with Gasteiger partial charge in [-0.25, -0.2) is 0 Å². The molecule has 8 heteroatoms. The van der Waals surface area contributed by atoms with Gasteiger partial charge in [-0.1, -0.05) is 11.8 Å². The molecule has 2 saturated heterocycles. The van der Waals surface area contributed by atoms with E-state index in [4.69, 9.17) is 4.74 Å². The average molecular weight is 337 g/mol. The van der Waals surface area contributed by atoms with E-state index in [1.54, 1.807) is 0 Å². The SMILES string of the molecule is O=C(CSc1nnc(N2CCCC2)n1C1CC1)N1CCOCC1. The van der Waals surface area contributed by atoms with Crippen molar-refractivity contribution in [2.45, 2.75) is 36.9 Å². The molecule has 1 saturated carbocycles. The molecule has 7 nitrogen and oxygen atoms in total. The summed E-state index contributed by atoms with van der Waals surface area (Å²) in [5, 5.41) is 9.70. The largest absolute Gasteiger partial charge is 0.378 e. The molecule has 0 radical (unpaired) electrons. The summed E-state index contributed by atoms with van der Waals surface area (Å²) in [5.74, 6) is 1.61. The third kappa shape index (κ3) is 3.33. The first-order chi connectivity index (χ1) is 11.3. The van der Waals surface area contributed by atoms with E-state index in [1.807, 2.05) is 4.90 Å². The minimum absolute atomic E-state index is 0.173. The highest BCUT2D eigenvalue weighted by Gasteiger charge is 2.32. The van der Waals surface area contributed by atoms with Crippen molar-refractivity contribution in [2.24, 2.45) is 0 Å². The van der Waals surface area contributed by atoms with Crippen molar-refractivity contribution in [2.75, 3.05) is 50.0 Å². The number of hydrogen-bond acceptors (Lipinski definition) is 6. The molecule has 2 aliphatic heterocycles. The zero-order chi connectivity index (χ0) is 15.6. The van der Waals surface area contributed by atoms with Crippen molar-refractivity contribution in [3.8, 4) is 0 Å². The van der Waals surface area contributed by atoms with Gasteiger partial charge in [0.25, 0.3) is 0 Å². The molecule has 4 rings (SSSR count). The van der Waals surface area contributed by atoms with Gasteiger partial charge in [-0.05, 0) is 25.7 Å². The van der Waals surface area contributed by atoms with E-state index in [0.717, 1.165) is 24.2 Å². The lowest BCUT2D eigenvalue weighted by molar-refractivity contribution is -0.132. The molecule has 0 N–H and O–H groups in total. The molecule has 0 spiro atoms. The van der Waals surface area contributed by atoms with Crippen molar-refractivity contribution in [3.63, 3.8) is 0 Å². The van der Waals surface area contributed by atoms with E-state index in [9.17, 15) is 4.79 Å². The predicted octanol–water partition coefficient (Wildman–Crippen LogP) is 1.16. The Balaban J connectivity index is 1.43. The van der Waals surface area contributed by atoms with Crippen LogP contribution in [-0.4, -0.2) is 70.7 Å². The maximum absolute atomic E-state index is 12.3. The van der Waals surface area contributed by atoms with Gasteiger partial charge in [0.2, 0.25) is 11.9 Å². The second-order valence-electron chi connectivity index (χ2n) is 6.36. The molecule has 3 aliphatic rings. The third-order valence-corrected chi connectivity index (χ3v) is 5.56. The minimum atomic E-state index is 0.173. The van der Waals surface area contributed by atoms with Gasteiger partial charge in [0.15, 0.2) is 5.16 Å². The molecule has 0 atom stereocenters. The molecule has 3 fully saturated rings. The van der Waals surface area contributed by atoms with Gasteiger partial charge >= 0.3 is 0 Å². The standard InChI is InChI=1S/C15H23N5O2S/c21-13(18-7-9-22-10-8-18)11-23-15-17-16-14(19-5-1-2-6-19)20(15)12-3-4-12/h12H,1-11H2. The average Bonchev–Trinajstić information content (AvgIpc) is 3.12. The number of hydrogen-bond donors (Lipinski definition) is 0. The van der Waals surface area contributed by atoms with Gasteiger partial charge in [0, 0.05) is 32.2 Å². The lowest BCUT2D eigenvalue weighted by Gasteiger charge is -2.26. The number of morpholine rings is 1. The maximum Gasteiger partial charge on any atom is 0.233 e. The van der Waals surface area contributed by atoms with E-state index < -0.39 is 0 Å². The normalized spacial score (nSPS) is 21.9. The number of carbonyl (C=O) groups excluding carboxylic acids is 1. The van der Waals surface area contributed by atoms with Crippen LogP contribution in [0.25, 0.3) is 0 Å². The van der Waals surface area contributed by atoms with Gasteiger partial charge in [-0.3, -0.25) is 9.36 Å². The van der Waals surface area contributed by atoms with Crippen LogP contribution in [0.5, 0.6) is 0 Å². The molecule has 23 heavy (non-hydrogen) atoms. The molecule has 0 bridgehead atoms. The van der Waals surface area contributed by atoms with Gasteiger partial charge in [-0.2, -0.15) is 0 Å². The Morgan fingerprint density at radius 1 is 1.13 bits per heavy atom. The summed E-state index contributed by atoms with van der Waals surface area (Å²) in [6, 6.07) is 0.529. The van der Waals surface area contributed by atoms with Gasteiger partial charge in [0.1, 0.15) is 0 Å². The summed E-state index contributed by atoms with van der Waals surface area (Å²) < 4.78 is 7.57. The number of amides is 1. The quantitative estimate of drug-likeness (QED) is 0.752. The second-order valence-corrected chi connectivity index (χ2v) is 7.30.